The van der Waals surface area contributed by atoms with Gasteiger partial charge in [0.2, 0.25) is 0 Å². The van der Waals surface area contributed by atoms with Crippen LogP contribution < -0.4 is 4.74 Å². The lowest BCUT2D eigenvalue weighted by Gasteiger charge is -2.06. The second-order valence-electron chi connectivity index (χ2n) is 3.74. The Hall–Kier alpha value is -1.83. The van der Waals surface area contributed by atoms with E-state index >= 15 is 0 Å². The highest BCUT2D eigenvalue weighted by Gasteiger charge is 1.99. The number of para-hydroxylation sites is 1. The van der Waals surface area contributed by atoms with Crippen LogP contribution in [0.25, 0.3) is 0 Å². The topological polar surface area (TPSA) is 9.23 Å². The van der Waals surface area contributed by atoms with Gasteiger partial charge in [-0.25, -0.2) is 4.39 Å². The molecule has 0 heterocycles. The molecule has 2 aromatic rings. The van der Waals surface area contributed by atoms with Crippen LogP contribution in [0.5, 0.6) is 5.75 Å². The number of hydrogen-bond donors (Lipinski definition) is 0. The van der Waals surface area contributed by atoms with Crippen LogP contribution in [0, 0.1) is 12.7 Å². The molecule has 2 heteroatoms. The van der Waals surface area contributed by atoms with Crippen LogP contribution in [0.2, 0.25) is 0 Å². The van der Waals surface area contributed by atoms with E-state index < -0.39 is 0 Å². The number of hydrogen-bond acceptors (Lipinski definition) is 1. The highest BCUT2D eigenvalue weighted by Crippen LogP contribution is 2.13. The fourth-order valence-electron chi connectivity index (χ4n) is 1.58. The Kier molecular flexibility index (Phi) is 3.20. The maximum absolute atomic E-state index is 13.1. The van der Waals surface area contributed by atoms with E-state index in [0.717, 1.165) is 16.9 Å². The van der Waals surface area contributed by atoms with Crippen LogP contribution >= 0.6 is 0 Å². The Morgan fingerprint density at radius 1 is 1.06 bits per heavy atom. The molecular weight excluding hydrogens is 203 g/mol. The third-order valence-corrected chi connectivity index (χ3v) is 2.25. The second kappa shape index (κ2) is 4.79. The van der Waals surface area contributed by atoms with Gasteiger partial charge in [-0.2, -0.15) is 0 Å². The number of ether oxygens (including phenoxy) is 1. The summed E-state index contributed by atoms with van der Waals surface area (Å²) >= 11 is 0. The van der Waals surface area contributed by atoms with Crippen molar-refractivity contribution < 1.29 is 9.13 Å². The minimum atomic E-state index is -0.216. The van der Waals surface area contributed by atoms with Crippen molar-refractivity contribution >= 4 is 0 Å². The summed E-state index contributed by atoms with van der Waals surface area (Å²) in [6, 6.07) is 14.4. The first-order valence-corrected chi connectivity index (χ1v) is 5.18. The molecule has 82 valence electrons. The summed E-state index contributed by atoms with van der Waals surface area (Å²) in [7, 11) is 0. The zero-order valence-electron chi connectivity index (χ0n) is 9.11. The molecule has 0 aliphatic carbocycles. The normalized spacial score (nSPS) is 10.1. The third kappa shape index (κ3) is 2.83. The average molecular weight is 216 g/mol. The molecule has 0 aliphatic rings. The van der Waals surface area contributed by atoms with Crippen LogP contribution in [-0.2, 0) is 6.61 Å². The number of benzene rings is 2. The molecule has 0 amide bonds. The summed E-state index contributed by atoms with van der Waals surface area (Å²) in [6.45, 7) is 2.26. The van der Waals surface area contributed by atoms with Gasteiger partial charge in [-0.1, -0.05) is 24.3 Å². The lowest BCUT2D eigenvalue weighted by molar-refractivity contribution is 0.305. The Balaban J connectivity index is 2.05. The van der Waals surface area contributed by atoms with Gasteiger partial charge in [-0.05, 0) is 42.3 Å². The largest absolute Gasteiger partial charge is 0.489 e. The minimum absolute atomic E-state index is 0.216. The third-order valence-electron chi connectivity index (χ3n) is 2.25. The summed E-state index contributed by atoms with van der Waals surface area (Å²) in [5.74, 6) is 0.580. The summed E-state index contributed by atoms with van der Waals surface area (Å²) in [5, 5.41) is 0. The first kappa shape index (κ1) is 10.7. The maximum atomic E-state index is 13.1. The predicted molar refractivity (Wildman–Crippen MR) is 61.9 cm³/mol. The fraction of sp³-hybridized carbons (Fsp3) is 0.143. The Bertz CT molecular complexity index is 445. The van der Waals surface area contributed by atoms with E-state index in [1.54, 1.807) is 0 Å². The van der Waals surface area contributed by atoms with Crippen molar-refractivity contribution in [1.29, 1.82) is 0 Å². The molecule has 0 spiro atoms. The molecule has 0 radical (unpaired) electrons. The minimum Gasteiger partial charge on any atom is -0.489 e. The molecule has 0 saturated carbocycles. The summed E-state index contributed by atoms with van der Waals surface area (Å²) in [5.41, 5.74) is 1.76. The SMILES string of the molecule is Cc1cc(F)cc(COc2ccccc2)c1. The number of rotatable bonds is 3. The quantitative estimate of drug-likeness (QED) is 0.759. The highest BCUT2D eigenvalue weighted by molar-refractivity contribution is 5.25. The zero-order valence-corrected chi connectivity index (χ0v) is 9.11. The van der Waals surface area contributed by atoms with Gasteiger partial charge in [-0.15, -0.1) is 0 Å². The fourth-order valence-corrected chi connectivity index (χ4v) is 1.58. The van der Waals surface area contributed by atoms with Crippen molar-refractivity contribution in [3.05, 3.63) is 65.5 Å². The van der Waals surface area contributed by atoms with Crippen molar-refractivity contribution in [2.45, 2.75) is 13.5 Å². The Labute approximate surface area is 94.5 Å². The van der Waals surface area contributed by atoms with Crippen molar-refractivity contribution in [1.82, 2.24) is 0 Å². The van der Waals surface area contributed by atoms with E-state index in [1.165, 1.54) is 12.1 Å². The van der Waals surface area contributed by atoms with Crippen molar-refractivity contribution in [2.75, 3.05) is 0 Å². The van der Waals surface area contributed by atoms with Gasteiger partial charge in [0, 0.05) is 0 Å². The molecule has 0 bridgehead atoms. The van der Waals surface area contributed by atoms with Gasteiger partial charge in [0.15, 0.2) is 0 Å². The monoisotopic (exact) mass is 216 g/mol. The number of halogens is 1. The molecule has 2 aromatic carbocycles. The average Bonchev–Trinajstić information content (AvgIpc) is 2.27. The summed E-state index contributed by atoms with van der Waals surface area (Å²) in [4.78, 5) is 0. The first-order chi connectivity index (χ1) is 7.74. The molecule has 0 aromatic heterocycles. The van der Waals surface area contributed by atoms with E-state index in [2.05, 4.69) is 0 Å². The molecular formula is C14H13FO. The first-order valence-electron chi connectivity index (χ1n) is 5.18. The van der Waals surface area contributed by atoms with Crippen LogP contribution in [0.15, 0.2) is 48.5 Å². The number of aryl methyl sites for hydroxylation is 1. The van der Waals surface area contributed by atoms with Crippen molar-refractivity contribution in [3.63, 3.8) is 0 Å². The van der Waals surface area contributed by atoms with Crippen LogP contribution in [0.4, 0.5) is 4.39 Å². The Morgan fingerprint density at radius 2 is 1.81 bits per heavy atom. The van der Waals surface area contributed by atoms with Gasteiger partial charge in [0.1, 0.15) is 18.2 Å². The lowest BCUT2D eigenvalue weighted by Crippen LogP contribution is -1.96. The molecule has 0 aliphatic heterocycles. The van der Waals surface area contributed by atoms with E-state index in [0.29, 0.717) is 6.61 Å². The van der Waals surface area contributed by atoms with Crippen molar-refractivity contribution in [3.8, 4) is 5.75 Å². The van der Waals surface area contributed by atoms with Crippen LogP contribution in [0.1, 0.15) is 11.1 Å². The van der Waals surface area contributed by atoms with Gasteiger partial charge in [-0.3, -0.25) is 0 Å². The standard InChI is InChI=1S/C14H13FO/c1-11-7-12(9-13(15)8-11)10-16-14-5-3-2-4-6-14/h2-9H,10H2,1H3. The highest BCUT2D eigenvalue weighted by atomic mass is 19.1. The summed E-state index contributed by atoms with van der Waals surface area (Å²) in [6.07, 6.45) is 0. The van der Waals surface area contributed by atoms with Crippen LogP contribution in [-0.4, -0.2) is 0 Å². The van der Waals surface area contributed by atoms with E-state index in [4.69, 9.17) is 4.74 Å². The molecule has 1 nitrogen and oxygen atoms in total. The molecule has 16 heavy (non-hydrogen) atoms. The molecule has 0 fully saturated rings. The Morgan fingerprint density at radius 3 is 2.50 bits per heavy atom. The maximum Gasteiger partial charge on any atom is 0.123 e. The lowest BCUT2D eigenvalue weighted by atomic mass is 10.1. The molecule has 0 atom stereocenters. The van der Waals surface area contributed by atoms with Gasteiger partial charge >= 0.3 is 0 Å². The smallest absolute Gasteiger partial charge is 0.123 e. The van der Waals surface area contributed by atoms with E-state index in [1.807, 2.05) is 43.3 Å². The van der Waals surface area contributed by atoms with Gasteiger partial charge in [0.05, 0.1) is 0 Å². The van der Waals surface area contributed by atoms with E-state index in [9.17, 15) is 4.39 Å². The van der Waals surface area contributed by atoms with Crippen LogP contribution in [0.3, 0.4) is 0 Å². The van der Waals surface area contributed by atoms with E-state index in [-0.39, 0.29) is 5.82 Å². The summed E-state index contributed by atoms with van der Waals surface area (Å²) < 4.78 is 18.6. The molecule has 0 N–H and O–H groups in total. The second-order valence-corrected chi connectivity index (χ2v) is 3.74. The van der Waals surface area contributed by atoms with Crippen molar-refractivity contribution in [2.24, 2.45) is 0 Å². The zero-order chi connectivity index (χ0) is 11.4. The molecule has 0 saturated heterocycles. The van der Waals surface area contributed by atoms with Gasteiger partial charge in [0.25, 0.3) is 0 Å². The molecule has 2 rings (SSSR count). The molecule has 0 unspecified atom stereocenters. The predicted octanol–water partition coefficient (Wildman–Crippen LogP) is 3.71. The van der Waals surface area contributed by atoms with Gasteiger partial charge < -0.3 is 4.74 Å².